The maximum atomic E-state index is 12.2. The minimum atomic E-state index is 0.0656. The Kier molecular flexibility index (Phi) is 5.34. The summed E-state index contributed by atoms with van der Waals surface area (Å²) in [6.07, 6.45) is 0.835. The number of benzene rings is 1. The molecule has 1 aromatic heterocycles. The van der Waals surface area contributed by atoms with Crippen molar-refractivity contribution in [3.8, 4) is 0 Å². The average molecular weight is 285 g/mol. The second kappa shape index (κ2) is 7.23. The first kappa shape index (κ1) is 15.5. The summed E-state index contributed by atoms with van der Waals surface area (Å²) in [5.41, 5.74) is 4.18. The molecule has 3 heteroatoms. The van der Waals surface area contributed by atoms with Crippen LogP contribution in [0.2, 0.25) is 0 Å². The van der Waals surface area contributed by atoms with Crippen molar-refractivity contribution in [3.63, 3.8) is 0 Å². The second-order valence-corrected chi connectivity index (χ2v) is 5.24. The molecule has 3 nitrogen and oxygen atoms in total. The highest BCUT2D eigenvalue weighted by atomic mass is 16.5. The number of rotatable bonds is 7. The van der Waals surface area contributed by atoms with Gasteiger partial charge < -0.3 is 9.30 Å². The molecule has 0 aliphatic rings. The number of Topliss-reactive ketones (excluding diaryl/α,β-unsaturated/α-hetero) is 1. The summed E-state index contributed by atoms with van der Waals surface area (Å²) in [6.45, 7) is 7.73. The summed E-state index contributed by atoms with van der Waals surface area (Å²) >= 11 is 0. The second-order valence-electron chi connectivity index (χ2n) is 5.24. The zero-order valence-corrected chi connectivity index (χ0v) is 13.1. The van der Waals surface area contributed by atoms with Crippen LogP contribution in [0.5, 0.6) is 0 Å². The first-order valence-corrected chi connectivity index (χ1v) is 7.45. The van der Waals surface area contributed by atoms with Crippen LogP contribution in [0.25, 0.3) is 0 Å². The smallest absolute Gasteiger partial charge is 0.190 e. The third kappa shape index (κ3) is 3.82. The zero-order chi connectivity index (χ0) is 15.2. The van der Waals surface area contributed by atoms with E-state index in [0.29, 0.717) is 6.61 Å². The summed E-state index contributed by atoms with van der Waals surface area (Å²) < 4.78 is 7.68. The van der Waals surface area contributed by atoms with Crippen LogP contribution < -0.4 is 0 Å². The largest absolute Gasteiger partial charge is 0.373 e. The van der Waals surface area contributed by atoms with Crippen LogP contribution in [0.1, 0.15) is 34.2 Å². The van der Waals surface area contributed by atoms with Gasteiger partial charge in [0.1, 0.15) is 6.61 Å². The van der Waals surface area contributed by atoms with Crippen molar-refractivity contribution in [1.82, 2.24) is 4.57 Å². The molecule has 0 aliphatic carbocycles. The van der Waals surface area contributed by atoms with Gasteiger partial charge in [-0.3, -0.25) is 4.79 Å². The summed E-state index contributed by atoms with van der Waals surface area (Å²) in [5.74, 6) is 0.0656. The molecule has 2 rings (SSSR count). The highest BCUT2D eigenvalue weighted by Crippen LogP contribution is 2.15. The van der Waals surface area contributed by atoms with Crippen LogP contribution in [-0.2, 0) is 17.7 Å². The number of ether oxygens (including phenoxy) is 1. The van der Waals surface area contributed by atoms with Crippen molar-refractivity contribution in [1.29, 1.82) is 0 Å². The summed E-state index contributed by atoms with van der Waals surface area (Å²) in [5, 5.41) is 0. The Hall–Kier alpha value is -1.87. The van der Waals surface area contributed by atoms with E-state index in [2.05, 4.69) is 23.6 Å². The summed E-state index contributed by atoms with van der Waals surface area (Å²) in [6, 6.07) is 12.1. The number of carbonyl (C=O) groups excluding carboxylic acids is 1. The molecular formula is C18H23NO2. The minimum Gasteiger partial charge on any atom is -0.373 e. The van der Waals surface area contributed by atoms with E-state index in [1.807, 2.05) is 38.1 Å². The maximum Gasteiger partial charge on any atom is 0.190 e. The Morgan fingerprint density at radius 1 is 1.19 bits per heavy atom. The van der Waals surface area contributed by atoms with Gasteiger partial charge in [0.05, 0.1) is 6.61 Å². The molecule has 0 saturated heterocycles. The van der Waals surface area contributed by atoms with Gasteiger partial charge in [-0.05, 0) is 38.8 Å². The fourth-order valence-electron chi connectivity index (χ4n) is 2.65. The van der Waals surface area contributed by atoms with Gasteiger partial charge in [-0.1, -0.05) is 30.3 Å². The highest BCUT2D eigenvalue weighted by Gasteiger charge is 2.14. The van der Waals surface area contributed by atoms with Gasteiger partial charge in [-0.25, -0.2) is 0 Å². The maximum absolute atomic E-state index is 12.2. The van der Waals surface area contributed by atoms with E-state index in [9.17, 15) is 4.79 Å². The molecule has 0 bridgehead atoms. The molecule has 0 N–H and O–H groups in total. The van der Waals surface area contributed by atoms with Gasteiger partial charge in [-0.15, -0.1) is 0 Å². The molecule has 0 aliphatic heterocycles. The molecule has 0 unspecified atom stereocenters. The lowest BCUT2D eigenvalue weighted by Gasteiger charge is -2.06. The third-order valence-corrected chi connectivity index (χ3v) is 3.80. The van der Waals surface area contributed by atoms with Crippen LogP contribution in [0.3, 0.4) is 0 Å². The molecular weight excluding hydrogens is 262 g/mol. The lowest BCUT2D eigenvalue weighted by Crippen LogP contribution is -2.12. The Balaban J connectivity index is 1.85. The van der Waals surface area contributed by atoms with Crippen LogP contribution >= 0.6 is 0 Å². The topological polar surface area (TPSA) is 31.2 Å². The van der Waals surface area contributed by atoms with Crippen molar-refractivity contribution in [2.45, 2.75) is 33.7 Å². The van der Waals surface area contributed by atoms with Crippen LogP contribution in [0.4, 0.5) is 0 Å². The normalized spacial score (nSPS) is 10.8. The molecule has 0 radical (unpaired) electrons. The third-order valence-electron chi connectivity index (χ3n) is 3.80. The van der Waals surface area contributed by atoms with Gasteiger partial charge in [0.25, 0.3) is 0 Å². The summed E-state index contributed by atoms with van der Waals surface area (Å²) in [4.78, 5) is 12.2. The first-order chi connectivity index (χ1) is 10.1. The van der Waals surface area contributed by atoms with Gasteiger partial charge >= 0.3 is 0 Å². The zero-order valence-electron chi connectivity index (χ0n) is 13.1. The van der Waals surface area contributed by atoms with E-state index in [1.54, 1.807) is 0 Å². The number of hydrogen-bond acceptors (Lipinski definition) is 2. The molecule has 1 heterocycles. The van der Waals surface area contributed by atoms with Crippen LogP contribution in [-0.4, -0.2) is 23.6 Å². The van der Waals surface area contributed by atoms with E-state index in [4.69, 9.17) is 4.74 Å². The van der Waals surface area contributed by atoms with Crippen LogP contribution in [0.15, 0.2) is 36.4 Å². The molecule has 0 atom stereocenters. The van der Waals surface area contributed by atoms with Gasteiger partial charge in [0.2, 0.25) is 0 Å². The molecule has 2 aromatic rings. The van der Waals surface area contributed by atoms with E-state index in [1.165, 1.54) is 5.56 Å². The van der Waals surface area contributed by atoms with Crippen LogP contribution in [0, 0.1) is 13.8 Å². The van der Waals surface area contributed by atoms with Gasteiger partial charge in [0.15, 0.2) is 5.78 Å². The van der Waals surface area contributed by atoms with E-state index < -0.39 is 0 Å². The Morgan fingerprint density at radius 2 is 1.90 bits per heavy atom. The highest BCUT2D eigenvalue weighted by molar-refractivity contribution is 5.98. The number of aromatic nitrogens is 1. The number of nitrogens with zero attached hydrogens (tertiary/aromatic N) is 1. The SMILES string of the molecule is CCn1c(C)cc(C(=O)COCCc2ccccc2)c1C. The van der Waals surface area contributed by atoms with E-state index >= 15 is 0 Å². The fourth-order valence-corrected chi connectivity index (χ4v) is 2.65. The molecule has 21 heavy (non-hydrogen) atoms. The lowest BCUT2D eigenvalue weighted by molar-refractivity contribution is 0.0765. The van der Waals surface area contributed by atoms with Gasteiger partial charge in [0, 0.05) is 23.5 Å². The quantitative estimate of drug-likeness (QED) is 0.575. The Labute approximate surface area is 126 Å². The minimum absolute atomic E-state index is 0.0656. The predicted molar refractivity (Wildman–Crippen MR) is 84.9 cm³/mol. The molecule has 1 aromatic carbocycles. The van der Waals surface area contributed by atoms with E-state index in [0.717, 1.165) is 29.9 Å². The number of carbonyl (C=O) groups is 1. The molecule has 112 valence electrons. The first-order valence-electron chi connectivity index (χ1n) is 7.45. The average Bonchev–Trinajstić information content (AvgIpc) is 2.79. The number of aryl methyl sites for hydroxylation is 1. The standard InChI is InChI=1S/C18H23NO2/c1-4-19-14(2)12-17(15(19)3)18(20)13-21-11-10-16-8-6-5-7-9-16/h5-9,12H,4,10-11,13H2,1-3H3. The lowest BCUT2D eigenvalue weighted by atomic mass is 10.1. The Morgan fingerprint density at radius 3 is 2.52 bits per heavy atom. The van der Waals surface area contributed by atoms with E-state index in [-0.39, 0.29) is 12.4 Å². The monoisotopic (exact) mass is 285 g/mol. The number of hydrogen-bond donors (Lipinski definition) is 0. The fraction of sp³-hybridized carbons (Fsp3) is 0.389. The predicted octanol–water partition coefficient (Wildman–Crippen LogP) is 3.57. The Bertz CT molecular complexity index is 599. The number of ketones is 1. The van der Waals surface area contributed by atoms with Crippen molar-refractivity contribution >= 4 is 5.78 Å². The van der Waals surface area contributed by atoms with Crippen molar-refractivity contribution < 1.29 is 9.53 Å². The van der Waals surface area contributed by atoms with Crippen molar-refractivity contribution in [2.24, 2.45) is 0 Å². The molecule has 0 fully saturated rings. The summed E-state index contributed by atoms with van der Waals surface area (Å²) in [7, 11) is 0. The van der Waals surface area contributed by atoms with Crippen molar-refractivity contribution in [2.75, 3.05) is 13.2 Å². The molecule has 0 amide bonds. The molecule has 0 saturated carbocycles. The van der Waals surface area contributed by atoms with Crippen molar-refractivity contribution in [3.05, 3.63) is 58.9 Å². The molecule has 0 spiro atoms. The van der Waals surface area contributed by atoms with Gasteiger partial charge in [-0.2, -0.15) is 0 Å².